The smallest absolute Gasteiger partial charge is 0.340 e. The van der Waals surface area contributed by atoms with Crippen molar-refractivity contribution in [3.63, 3.8) is 0 Å². The number of carbonyl (C=O) groups excluding carboxylic acids is 1. The van der Waals surface area contributed by atoms with Gasteiger partial charge in [-0.05, 0) is 0 Å². The Hall–Kier alpha value is -2.44. The Bertz CT molecular complexity index is 427. The van der Waals surface area contributed by atoms with E-state index in [4.69, 9.17) is 10.2 Å². The van der Waals surface area contributed by atoms with Crippen LogP contribution in [0, 0.1) is 0 Å². The first kappa shape index (κ1) is 10.6. The summed E-state index contributed by atoms with van der Waals surface area (Å²) in [4.78, 5) is 34.8. The number of carboxylic acids is 2. The first-order valence-corrected chi connectivity index (χ1v) is 3.62. The molecule has 0 radical (unpaired) electrons. The van der Waals surface area contributed by atoms with Gasteiger partial charge in [0.05, 0.1) is 11.8 Å². The highest BCUT2D eigenvalue weighted by molar-refractivity contribution is 6.03. The van der Waals surface area contributed by atoms with Crippen molar-refractivity contribution >= 4 is 18.4 Å². The van der Waals surface area contributed by atoms with Crippen molar-refractivity contribution in [1.29, 1.82) is 0 Å². The molecular formula is C8H5NO6. The van der Waals surface area contributed by atoms with Gasteiger partial charge in [0.1, 0.15) is 5.56 Å². The van der Waals surface area contributed by atoms with Gasteiger partial charge in [0.15, 0.2) is 5.75 Å². The highest BCUT2D eigenvalue weighted by Gasteiger charge is 2.21. The minimum absolute atomic E-state index is 0.00488. The Morgan fingerprint density at radius 3 is 2.40 bits per heavy atom. The maximum atomic E-state index is 10.7. The molecule has 7 heteroatoms. The highest BCUT2D eigenvalue weighted by atomic mass is 16.5. The molecule has 0 aliphatic heterocycles. The summed E-state index contributed by atoms with van der Waals surface area (Å²) in [6, 6.07) is 0. The Kier molecular flexibility index (Phi) is 2.97. The number of pyridine rings is 1. The van der Waals surface area contributed by atoms with Gasteiger partial charge in [0.25, 0.3) is 6.47 Å². The van der Waals surface area contributed by atoms with Crippen molar-refractivity contribution in [1.82, 2.24) is 4.98 Å². The van der Waals surface area contributed by atoms with Gasteiger partial charge in [-0.1, -0.05) is 0 Å². The molecule has 7 nitrogen and oxygen atoms in total. The summed E-state index contributed by atoms with van der Waals surface area (Å²) in [5, 5.41) is 17.4. The second kappa shape index (κ2) is 4.18. The van der Waals surface area contributed by atoms with Crippen LogP contribution in [0.5, 0.6) is 5.75 Å². The third-order valence-electron chi connectivity index (χ3n) is 1.53. The van der Waals surface area contributed by atoms with Crippen molar-refractivity contribution in [3.05, 3.63) is 23.5 Å². The zero-order chi connectivity index (χ0) is 11.4. The lowest BCUT2D eigenvalue weighted by Crippen LogP contribution is -2.11. The Balaban J connectivity index is 3.40. The molecule has 0 amide bonds. The molecule has 1 rings (SSSR count). The second-order valence-corrected chi connectivity index (χ2v) is 2.38. The van der Waals surface area contributed by atoms with E-state index in [0.29, 0.717) is 0 Å². The molecule has 0 saturated carbocycles. The van der Waals surface area contributed by atoms with Crippen molar-refractivity contribution in [2.75, 3.05) is 0 Å². The monoisotopic (exact) mass is 211 g/mol. The molecule has 0 atom stereocenters. The van der Waals surface area contributed by atoms with Crippen LogP contribution in [0.4, 0.5) is 0 Å². The zero-order valence-corrected chi connectivity index (χ0v) is 7.21. The SMILES string of the molecule is O=COc1cncc(C(=O)O)c1C(=O)O. The van der Waals surface area contributed by atoms with E-state index in [1.807, 2.05) is 0 Å². The van der Waals surface area contributed by atoms with Gasteiger partial charge in [-0.3, -0.25) is 9.78 Å². The minimum atomic E-state index is -1.51. The van der Waals surface area contributed by atoms with E-state index in [9.17, 15) is 14.4 Å². The van der Waals surface area contributed by atoms with Crippen molar-refractivity contribution < 1.29 is 29.3 Å². The standard InChI is InChI=1S/C8H5NO6/c10-3-15-5-2-9-1-4(7(11)12)6(5)8(13)14/h1-3H,(H,11,12)(H,13,14). The maximum Gasteiger partial charge on any atom is 0.340 e. The molecule has 15 heavy (non-hydrogen) atoms. The largest absolute Gasteiger partial charge is 0.478 e. The molecule has 0 aromatic carbocycles. The van der Waals surface area contributed by atoms with Gasteiger partial charge in [-0.15, -0.1) is 0 Å². The van der Waals surface area contributed by atoms with Crippen LogP contribution in [0.1, 0.15) is 20.7 Å². The number of rotatable bonds is 4. The number of aromatic carboxylic acids is 2. The fourth-order valence-electron chi connectivity index (χ4n) is 0.965. The number of nitrogens with zero attached hydrogens (tertiary/aromatic N) is 1. The van der Waals surface area contributed by atoms with Crippen LogP contribution >= 0.6 is 0 Å². The zero-order valence-electron chi connectivity index (χ0n) is 7.21. The van der Waals surface area contributed by atoms with Gasteiger partial charge >= 0.3 is 11.9 Å². The summed E-state index contributed by atoms with van der Waals surface area (Å²) in [5.74, 6) is -3.37. The number of carbonyl (C=O) groups is 3. The number of hydrogen-bond acceptors (Lipinski definition) is 5. The summed E-state index contributed by atoms with van der Waals surface area (Å²) in [6.45, 7) is -0.00488. The molecule has 78 valence electrons. The second-order valence-electron chi connectivity index (χ2n) is 2.38. The lowest BCUT2D eigenvalue weighted by molar-refractivity contribution is -0.120. The van der Waals surface area contributed by atoms with Crippen molar-refractivity contribution in [2.24, 2.45) is 0 Å². The molecule has 1 heterocycles. The average molecular weight is 211 g/mol. The topological polar surface area (TPSA) is 114 Å². The molecule has 0 aliphatic rings. The number of ether oxygens (including phenoxy) is 1. The summed E-state index contributed by atoms with van der Waals surface area (Å²) in [6.07, 6.45) is 1.81. The van der Waals surface area contributed by atoms with Crippen LogP contribution in [0.3, 0.4) is 0 Å². The fourth-order valence-corrected chi connectivity index (χ4v) is 0.965. The highest BCUT2D eigenvalue weighted by Crippen LogP contribution is 2.20. The third-order valence-corrected chi connectivity index (χ3v) is 1.53. The fraction of sp³-hybridized carbons (Fsp3) is 0. The third kappa shape index (κ3) is 2.08. The quantitative estimate of drug-likeness (QED) is 0.674. The molecule has 2 N–H and O–H groups in total. The minimum Gasteiger partial charge on any atom is -0.478 e. The van der Waals surface area contributed by atoms with E-state index >= 15 is 0 Å². The van der Waals surface area contributed by atoms with E-state index < -0.39 is 28.8 Å². The molecule has 0 saturated heterocycles. The van der Waals surface area contributed by atoms with Crippen LogP contribution in [0.15, 0.2) is 12.4 Å². The maximum absolute atomic E-state index is 10.7. The van der Waals surface area contributed by atoms with Crippen LogP contribution in [-0.2, 0) is 4.79 Å². The van der Waals surface area contributed by atoms with Crippen molar-refractivity contribution in [3.8, 4) is 5.75 Å². The van der Waals surface area contributed by atoms with E-state index in [1.165, 1.54) is 0 Å². The van der Waals surface area contributed by atoms with Gasteiger partial charge in [-0.25, -0.2) is 9.59 Å². The van der Waals surface area contributed by atoms with E-state index in [-0.39, 0.29) is 6.47 Å². The molecule has 1 aromatic heterocycles. The van der Waals surface area contributed by atoms with Gasteiger partial charge < -0.3 is 14.9 Å². The summed E-state index contributed by atoms with van der Waals surface area (Å²) in [5.41, 5.74) is -1.15. The molecule has 0 fully saturated rings. The summed E-state index contributed by atoms with van der Waals surface area (Å²) in [7, 11) is 0. The number of aromatic nitrogens is 1. The first-order chi connectivity index (χ1) is 7.07. The van der Waals surface area contributed by atoms with E-state index in [0.717, 1.165) is 12.4 Å². The predicted octanol–water partition coefficient (Wildman–Crippen LogP) is 0.0132. The number of carboxylic acid groups (broad SMARTS) is 2. The Morgan fingerprint density at radius 1 is 1.27 bits per heavy atom. The first-order valence-electron chi connectivity index (χ1n) is 3.62. The Labute approximate surface area is 82.9 Å². The van der Waals surface area contributed by atoms with E-state index in [1.54, 1.807) is 0 Å². The van der Waals surface area contributed by atoms with Crippen LogP contribution < -0.4 is 4.74 Å². The van der Waals surface area contributed by atoms with Gasteiger partial charge in [-0.2, -0.15) is 0 Å². The van der Waals surface area contributed by atoms with Crippen molar-refractivity contribution in [2.45, 2.75) is 0 Å². The lowest BCUT2D eigenvalue weighted by atomic mass is 10.1. The predicted molar refractivity (Wildman–Crippen MR) is 44.8 cm³/mol. The van der Waals surface area contributed by atoms with Gasteiger partial charge in [0, 0.05) is 6.20 Å². The molecule has 0 aliphatic carbocycles. The average Bonchev–Trinajstić information content (AvgIpc) is 2.17. The molecule has 0 spiro atoms. The van der Waals surface area contributed by atoms with Gasteiger partial charge in [0.2, 0.25) is 0 Å². The van der Waals surface area contributed by atoms with Crippen LogP contribution in [0.25, 0.3) is 0 Å². The molecule has 0 bridgehead atoms. The number of hydrogen-bond donors (Lipinski definition) is 2. The molecule has 0 unspecified atom stereocenters. The summed E-state index contributed by atoms with van der Waals surface area (Å²) >= 11 is 0. The van der Waals surface area contributed by atoms with E-state index in [2.05, 4.69) is 9.72 Å². The van der Waals surface area contributed by atoms with Crippen LogP contribution in [-0.4, -0.2) is 33.6 Å². The lowest BCUT2D eigenvalue weighted by Gasteiger charge is -2.04. The normalized spacial score (nSPS) is 9.33. The molecular weight excluding hydrogens is 206 g/mol. The Morgan fingerprint density at radius 2 is 1.93 bits per heavy atom. The van der Waals surface area contributed by atoms with Crippen LogP contribution in [0.2, 0.25) is 0 Å². The molecule has 1 aromatic rings. The summed E-state index contributed by atoms with van der Waals surface area (Å²) < 4.78 is 4.30.